The van der Waals surface area contributed by atoms with Gasteiger partial charge in [-0.25, -0.2) is 14.4 Å². The zero-order chi connectivity index (χ0) is 18.8. The fourth-order valence-corrected chi connectivity index (χ4v) is 0.884. The van der Waals surface area contributed by atoms with Crippen LogP contribution in [0.15, 0.2) is 37.5 Å². The maximum atomic E-state index is 10.6. The van der Waals surface area contributed by atoms with Crippen molar-refractivity contribution in [3.63, 3.8) is 0 Å². The number of hydrogen-bond acceptors (Lipinski definition) is 8. The van der Waals surface area contributed by atoms with E-state index in [0.717, 1.165) is 12.2 Å². The molecule has 0 fully saturated rings. The Morgan fingerprint density at radius 1 is 0.875 bits per heavy atom. The summed E-state index contributed by atoms with van der Waals surface area (Å²) in [5.41, 5.74) is 0.350. The Balaban J connectivity index is 0. The van der Waals surface area contributed by atoms with Crippen molar-refractivity contribution in [2.45, 2.75) is 6.92 Å². The summed E-state index contributed by atoms with van der Waals surface area (Å²) in [4.78, 5) is 31.6. The predicted octanol–water partition coefficient (Wildman–Crippen LogP) is 0.559. The molecule has 0 saturated carbocycles. The van der Waals surface area contributed by atoms with Gasteiger partial charge in [0, 0.05) is 17.7 Å². The number of esters is 3. The van der Waals surface area contributed by atoms with E-state index in [2.05, 4.69) is 33.9 Å². The van der Waals surface area contributed by atoms with Gasteiger partial charge in [-0.2, -0.15) is 0 Å². The van der Waals surface area contributed by atoms with Crippen LogP contribution in [-0.4, -0.2) is 62.7 Å². The van der Waals surface area contributed by atoms with Gasteiger partial charge in [-0.15, -0.1) is 0 Å². The molecule has 0 unspecified atom stereocenters. The van der Waals surface area contributed by atoms with Gasteiger partial charge in [0.1, 0.15) is 19.8 Å². The molecule has 0 aliphatic carbocycles. The van der Waals surface area contributed by atoms with Crippen molar-refractivity contribution in [1.29, 1.82) is 0 Å². The van der Waals surface area contributed by atoms with Crippen LogP contribution in [-0.2, 0) is 33.3 Å². The lowest BCUT2D eigenvalue weighted by Gasteiger charge is -2.04. The molecule has 0 aromatic rings. The minimum atomic E-state index is -0.489. The average molecular weight is 344 g/mol. The first-order valence-corrected chi connectivity index (χ1v) is 6.98. The van der Waals surface area contributed by atoms with Crippen LogP contribution < -0.4 is 0 Å². The summed E-state index contributed by atoms with van der Waals surface area (Å²) in [6, 6.07) is 0. The monoisotopic (exact) mass is 344 g/mol. The molecular formula is C16H24O8. The number of carbonyl (C=O) groups is 3. The Hall–Kier alpha value is -2.45. The van der Waals surface area contributed by atoms with E-state index < -0.39 is 17.9 Å². The predicted molar refractivity (Wildman–Crippen MR) is 86.0 cm³/mol. The van der Waals surface area contributed by atoms with Crippen molar-refractivity contribution < 1.29 is 38.4 Å². The third-order valence-corrected chi connectivity index (χ3v) is 1.95. The Morgan fingerprint density at radius 3 is 1.67 bits per heavy atom. The van der Waals surface area contributed by atoms with Crippen LogP contribution in [0, 0.1) is 0 Å². The van der Waals surface area contributed by atoms with Crippen molar-refractivity contribution in [3.05, 3.63) is 37.5 Å². The molecule has 0 aliphatic rings. The molecule has 1 N–H and O–H groups in total. The van der Waals surface area contributed by atoms with Gasteiger partial charge in [-0.3, -0.25) is 0 Å². The maximum Gasteiger partial charge on any atom is 0.333 e. The summed E-state index contributed by atoms with van der Waals surface area (Å²) >= 11 is 0. The minimum absolute atomic E-state index is 0.0473. The number of carbonyl (C=O) groups excluding carboxylic acids is 3. The number of hydrogen-bond donors (Lipinski definition) is 1. The van der Waals surface area contributed by atoms with Crippen LogP contribution >= 0.6 is 0 Å². The summed E-state index contributed by atoms with van der Waals surface area (Å²) in [7, 11) is 0. The quantitative estimate of drug-likeness (QED) is 0.251. The first-order valence-electron chi connectivity index (χ1n) is 6.98. The minimum Gasteiger partial charge on any atom is -0.460 e. The van der Waals surface area contributed by atoms with Gasteiger partial charge in [0.25, 0.3) is 0 Å². The topological polar surface area (TPSA) is 108 Å². The molecule has 0 rings (SSSR count). The number of aliphatic hydroxyl groups is 1. The lowest BCUT2D eigenvalue weighted by molar-refractivity contribution is -0.141. The number of aliphatic hydroxyl groups excluding tert-OH is 1. The lowest BCUT2D eigenvalue weighted by Crippen LogP contribution is -2.12. The van der Waals surface area contributed by atoms with E-state index in [1.807, 2.05) is 0 Å². The highest BCUT2D eigenvalue weighted by Gasteiger charge is 2.00. The van der Waals surface area contributed by atoms with E-state index in [0.29, 0.717) is 5.57 Å². The van der Waals surface area contributed by atoms with Gasteiger partial charge in [0.05, 0.1) is 19.8 Å². The molecule has 0 bridgehead atoms. The molecule has 0 radical (unpaired) electrons. The second-order valence-corrected chi connectivity index (χ2v) is 4.00. The van der Waals surface area contributed by atoms with Crippen LogP contribution in [0.25, 0.3) is 0 Å². The summed E-state index contributed by atoms with van der Waals surface area (Å²) in [6.07, 6.45) is 2.15. The summed E-state index contributed by atoms with van der Waals surface area (Å²) in [5.74, 6) is -1.43. The smallest absolute Gasteiger partial charge is 0.333 e. The highest BCUT2D eigenvalue weighted by Crippen LogP contribution is 1.90. The standard InChI is InChI=1S/C10H14O5.C6H10O3/c1-3-9(11)14-7-5-13-6-8-15-10(12)4-2;1-5(2)6(8)9-4-3-7/h3-4H,1-2,5-8H2;7H,1,3-4H2,2H3. The fraction of sp³-hybridized carbons (Fsp3) is 0.438. The molecular weight excluding hydrogens is 320 g/mol. The molecule has 8 nitrogen and oxygen atoms in total. The molecule has 0 saturated heterocycles. The first-order chi connectivity index (χ1) is 11.4. The molecule has 0 aromatic carbocycles. The molecule has 136 valence electrons. The van der Waals surface area contributed by atoms with Crippen LogP contribution in [0.3, 0.4) is 0 Å². The Morgan fingerprint density at radius 2 is 1.33 bits per heavy atom. The summed E-state index contributed by atoms with van der Waals surface area (Å²) in [5, 5.41) is 8.19. The third kappa shape index (κ3) is 17.6. The zero-order valence-corrected chi connectivity index (χ0v) is 13.8. The van der Waals surface area contributed by atoms with Crippen LogP contribution in [0.4, 0.5) is 0 Å². The molecule has 0 aromatic heterocycles. The SMILES string of the molecule is C=C(C)C(=O)OCCO.C=CC(=O)OCCOCCOC(=O)C=C. The van der Waals surface area contributed by atoms with Gasteiger partial charge in [0.2, 0.25) is 0 Å². The van der Waals surface area contributed by atoms with Gasteiger partial charge < -0.3 is 24.1 Å². The fourth-order valence-electron chi connectivity index (χ4n) is 0.884. The van der Waals surface area contributed by atoms with Crippen molar-refractivity contribution in [3.8, 4) is 0 Å². The second kappa shape index (κ2) is 16.9. The van der Waals surface area contributed by atoms with Crippen molar-refractivity contribution in [2.24, 2.45) is 0 Å². The third-order valence-electron chi connectivity index (χ3n) is 1.95. The Kier molecular flexibility index (Phi) is 16.8. The molecule has 24 heavy (non-hydrogen) atoms. The Labute approximate surface area is 141 Å². The summed E-state index contributed by atoms with van der Waals surface area (Å²) < 4.78 is 18.7. The molecule has 0 spiro atoms. The first kappa shape index (κ1) is 23.8. The van der Waals surface area contributed by atoms with E-state index in [1.165, 1.54) is 0 Å². The highest BCUT2D eigenvalue weighted by molar-refractivity contribution is 5.86. The van der Waals surface area contributed by atoms with Crippen LogP contribution in [0.1, 0.15) is 6.92 Å². The van der Waals surface area contributed by atoms with E-state index in [1.54, 1.807) is 6.92 Å². The van der Waals surface area contributed by atoms with Gasteiger partial charge in [0.15, 0.2) is 0 Å². The van der Waals surface area contributed by atoms with Crippen LogP contribution in [0.5, 0.6) is 0 Å². The Bertz CT molecular complexity index is 404. The summed E-state index contributed by atoms with van der Waals surface area (Å²) in [6.45, 7) is 12.1. The van der Waals surface area contributed by atoms with E-state index in [-0.39, 0.29) is 39.6 Å². The van der Waals surface area contributed by atoms with Gasteiger partial charge in [-0.05, 0) is 6.92 Å². The van der Waals surface area contributed by atoms with E-state index >= 15 is 0 Å². The second-order valence-electron chi connectivity index (χ2n) is 4.00. The molecule has 0 atom stereocenters. The number of rotatable bonds is 11. The van der Waals surface area contributed by atoms with Crippen molar-refractivity contribution in [1.82, 2.24) is 0 Å². The van der Waals surface area contributed by atoms with E-state index in [4.69, 9.17) is 9.84 Å². The molecule has 0 amide bonds. The van der Waals surface area contributed by atoms with Gasteiger partial charge >= 0.3 is 17.9 Å². The molecule has 8 heteroatoms. The van der Waals surface area contributed by atoms with Crippen LogP contribution in [0.2, 0.25) is 0 Å². The van der Waals surface area contributed by atoms with Crippen molar-refractivity contribution in [2.75, 3.05) is 39.6 Å². The van der Waals surface area contributed by atoms with E-state index in [9.17, 15) is 14.4 Å². The number of ether oxygens (including phenoxy) is 4. The average Bonchev–Trinajstić information content (AvgIpc) is 2.58. The maximum absolute atomic E-state index is 10.6. The lowest BCUT2D eigenvalue weighted by atomic mass is 10.4. The normalized spacial score (nSPS) is 8.92. The zero-order valence-electron chi connectivity index (χ0n) is 13.8. The largest absolute Gasteiger partial charge is 0.460 e. The molecule has 0 heterocycles. The highest BCUT2D eigenvalue weighted by atomic mass is 16.6. The van der Waals surface area contributed by atoms with Gasteiger partial charge in [-0.1, -0.05) is 19.7 Å². The van der Waals surface area contributed by atoms with Crippen molar-refractivity contribution >= 4 is 17.9 Å². The molecule has 0 aliphatic heterocycles.